The van der Waals surface area contributed by atoms with Crippen molar-refractivity contribution in [2.75, 3.05) is 0 Å². The van der Waals surface area contributed by atoms with Gasteiger partial charge in [0.25, 0.3) is 0 Å². The molecule has 0 spiro atoms. The molecule has 0 amide bonds. The molecule has 2 heteroatoms. The molecule has 0 aliphatic heterocycles. The van der Waals surface area contributed by atoms with Crippen LogP contribution in [-0.2, 0) is 4.79 Å². The zero-order chi connectivity index (χ0) is 4.83. The average molecular weight is 83.1 g/mol. The summed E-state index contributed by atoms with van der Waals surface area (Å²) < 4.78 is 0. The van der Waals surface area contributed by atoms with Crippen LogP contribution in [0.15, 0.2) is 12.2 Å². The van der Waals surface area contributed by atoms with E-state index in [1.165, 1.54) is 12.2 Å². The van der Waals surface area contributed by atoms with E-state index in [0.717, 1.165) is 6.21 Å². The van der Waals surface area contributed by atoms with Gasteiger partial charge in [-0.25, -0.2) is 0 Å². The summed E-state index contributed by atoms with van der Waals surface area (Å²) in [5.41, 5.74) is 0. The van der Waals surface area contributed by atoms with Gasteiger partial charge in [0.15, 0.2) is 0 Å². The molecule has 0 aromatic carbocycles. The summed E-state index contributed by atoms with van der Waals surface area (Å²) in [5, 5.41) is 6.34. The van der Waals surface area contributed by atoms with Gasteiger partial charge in [-0.2, -0.15) is 0 Å². The minimum absolute atomic E-state index is 0.630. The zero-order valence-electron chi connectivity index (χ0n) is 3.22. The second kappa shape index (κ2) is 4.08. The first kappa shape index (κ1) is 5.08. The Morgan fingerprint density at radius 3 is 2.17 bits per heavy atom. The van der Waals surface area contributed by atoms with E-state index in [9.17, 15) is 4.79 Å². The molecule has 0 atom stereocenters. The highest BCUT2D eigenvalue weighted by Gasteiger charge is 1.53. The Balaban J connectivity index is 3.17. The van der Waals surface area contributed by atoms with Crippen molar-refractivity contribution in [3.05, 3.63) is 12.2 Å². The molecule has 0 saturated heterocycles. The number of carbonyl (C=O) groups excluding carboxylic acids is 1. The van der Waals surface area contributed by atoms with Crippen LogP contribution >= 0.6 is 0 Å². The average Bonchev–Trinajstić information content (AvgIpc) is 1.61. The van der Waals surface area contributed by atoms with Crippen molar-refractivity contribution in [1.29, 1.82) is 5.41 Å². The van der Waals surface area contributed by atoms with Crippen molar-refractivity contribution in [2.45, 2.75) is 0 Å². The second-order valence-electron chi connectivity index (χ2n) is 0.688. The first-order valence-corrected chi connectivity index (χ1v) is 1.52. The van der Waals surface area contributed by atoms with E-state index in [1.807, 2.05) is 0 Å². The summed E-state index contributed by atoms with van der Waals surface area (Å²) in [6.07, 6.45) is 4.29. The molecule has 2 nitrogen and oxygen atoms in total. The van der Waals surface area contributed by atoms with Crippen molar-refractivity contribution in [3.8, 4) is 0 Å². The standard InChI is InChI=1S/C4H5NO/c5-3-1-2-4-6/h1-5H/b2-1+,5-3?. The molecule has 0 aliphatic rings. The summed E-state index contributed by atoms with van der Waals surface area (Å²) in [6.45, 7) is 0. The summed E-state index contributed by atoms with van der Waals surface area (Å²) in [5.74, 6) is 0. The zero-order valence-corrected chi connectivity index (χ0v) is 3.22. The van der Waals surface area contributed by atoms with Crippen LogP contribution in [0.25, 0.3) is 0 Å². The molecule has 0 heterocycles. The Morgan fingerprint density at radius 1 is 1.33 bits per heavy atom. The minimum Gasteiger partial charge on any atom is -0.309 e. The Hall–Kier alpha value is -0.920. The monoisotopic (exact) mass is 83.0 g/mol. The number of carbonyl (C=O) groups is 1. The smallest absolute Gasteiger partial charge is 0.142 e. The van der Waals surface area contributed by atoms with E-state index >= 15 is 0 Å². The van der Waals surface area contributed by atoms with E-state index in [0.29, 0.717) is 6.29 Å². The number of nitrogens with one attached hydrogen (secondary N) is 1. The van der Waals surface area contributed by atoms with Crippen LogP contribution in [0.5, 0.6) is 0 Å². The summed E-state index contributed by atoms with van der Waals surface area (Å²) in [4.78, 5) is 9.37. The van der Waals surface area contributed by atoms with Gasteiger partial charge < -0.3 is 5.41 Å². The molecule has 32 valence electrons. The molecule has 1 N–H and O–H groups in total. The molecule has 0 bridgehead atoms. The van der Waals surface area contributed by atoms with E-state index < -0.39 is 0 Å². The van der Waals surface area contributed by atoms with Gasteiger partial charge in [0.05, 0.1) is 0 Å². The largest absolute Gasteiger partial charge is 0.309 e. The maximum absolute atomic E-state index is 9.37. The molecule has 6 heavy (non-hydrogen) atoms. The maximum atomic E-state index is 9.37. The fourth-order valence-corrected chi connectivity index (χ4v) is 0.101. The van der Waals surface area contributed by atoms with Gasteiger partial charge in [-0.1, -0.05) is 0 Å². The van der Waals surface area contributed by atoms with Crippen molar-refractivity contribution in [2.24, 2.45) is 0 Å². The van der Waals surface area contributed by atoms with Crippen molar-refractivity contribution in [3.63, 3.8) is 0 Å². The van der Waals surface area contributed by atoms with Crippen molar-refractivity contribution >= 4 is 12.5 Å². The highest BCUT2D eigenvalue weighted by Crippen LogP contribution is 1.54. The maximum Gasteiger partial charge on any atom is 0.142 e. The van der Waals surface area contributed by atoms with E-state index in [2.05, 4.69) is 0 Å². The molecule has 0 fully saturated rings. The Morgan fingerprint density at radius 2 is 2.00 bits per heavy atom. The topological polar surface area (TPSA) is 40.9 Å². The predicted octanol–water partition coefficient (Wildman–Crippen LogP) is 0.391. The molecule has 0 aromatic rings. The number of aldehydes is 1. The molecular weight excluding hydrogens is 78.0 g/mol. The Kier molecular flexibility index (Phi) is 3.45. The highest BCUT2D eigenvalue weighted by atomic mass is 16.1. The second-order valence-corrected chi connectivity index (χ2v) is 0.688. The van der Waals surface area contributed by atoms with E-state index in [-0.39, 0.29) is 0 Å². The van der Waals surface area contributed by atoms with E-state index in [4.69, 9.17) is 5.41 Å². The van der Waals surface area contributed by atoms with Crippen molar-refractivity contribution in [1.82, 2.24) is 0 Å². The van der Waals surface area contributed by atoms with Crippen LogP contribution in [-0.4, -0.2) is 12.5 Å². The van der Waals surface area contributed by atoms with Gasteiger partial charge in [0, 0.05) is 6.21 Å². The molecular formula is C4H5NO. The highest BCUT2D eigenvalue weighted by molar-refractivity contribution is 5.76. The number of hydrogen-bond donors (Lipinski definition) is 1. The van der Waals surface area contributed by atoms with Crippen LogP contribution in [0.1, 0.15) is 0 Å². The minimum atomic E-state index is 0.630. The lowest BCUT2D eigenvalue weighted by Crippen LogP contribution is -1.58. The van der Waals surface area contributed by atoms with Crippen LogP contribution in [0.4, 0.5) is 0 Å². The number of rotatable bonds is 2. The quantitative estimate of drug-likeness (QED) is 0.293. The van der Waals surface area contributed by atoms with Gasteiger partial charge >= 0.3 is 0 Å². The third-order valence-electron chi connectivity index (χ3n) is 0.286. The molecule has 0 saturated carbocycles. The van der Waals surface area contributed by atoms with Crippen molar-refractivity contribution < 1.29 is 4.79 Å². The van der Waals surface area contributed by atoms with Crippen LogP contribution in [0.3, 0.4) is 0 Å². The first-order chi connectivity index (χ1) is 2.91. The fraction of sp³-hybridized carbons (Fsp3) is 0. The van der Waals surface area contributed by atoms with Gasteiger partial charge in [-0.15, -0.1) is 0 Å². The van der Waals surface area contributed by atoms with Crippen LogP contribution in [0, 0.1) is 5.41 Å². The van der Waals surface area contributed by atoms with Gasteiger partial charge in [0.2, 0.25) is 0 Å². The van der Waals surface area contributed by atoms with Gasteiger partial charge in [-0.05, 0) is 12.2 Å². The third kappa shape index (κ3) is 3.08. The van der Waals surface area contributed by atoms with Crippen LogP contribution < -0.4 is 0 Å². The molecule has 0 unspecified atom stereocenters. The molecule has 0 rings (SSSR count). The third-order valence-corrected chi connectivity index (χ3v) is 0.286. The normalized spacial score (nSPS) is 8.67. The first-order valence-electron chi connectivity index (χ1n) is 1.52. The van der Waals surface area contributed by atoms with Gasteiger partial charge in [0.1, 0.15) is 6.29 Å². The molecule has 0 aromatic heterocycles. The Bertz CT molecular complexity index is 65.6. The van der Waals surface area contributed by atoms with E-state index in [1.54, 1.807) is 0 Å². The number of hydrogen-bond acceptors (Lipinski definition) is 2. The number of allylic oxidation sites excluding steroid dienone is 2. The van der Waals surface area contributed by atoms with Gasteiger partial charge in [-0.3, -0.25) is 4.79 Å². The molecule has 0 aliphatic carbocycles. The fourth-order valence-electron chi connectivity index (χ4n) is 0.101. The Labute approximate surface area is 36.0 Å². The summed E-state index contributed by atoms with van der Waals surface area (Å²) >= 11 is 0. The van der Waals surface area contributed by atoms with Crippen LogP contribution in [0.2, 0.25) is 0 Å². The summed E-state index contributed by atoms with van der Waals surface area (Å²) in [7, 11) is 0. The lowest BCUT2D eigenvalue weighted by atomic mass is 10.6. The SMILES string of the molecule is N=C/C=C/C=O. The lowest BCUT2D eigenvalue weighted by molar-refractivity contribution is -0.104. The summed E-state index contributed by atoms with van der Waals surface area (Å²) in [6, 6.07) is 0. The molecule has 0 radical (unpaired) electrons. The predicted molar refractivity (Wildman–Crippen MR) is 24.0 cm³/mol. The lowest BCUT2D eigenvalue weighted by Gasteiger charge is -1.55.